The van der Waals surface area contributed by atoms with Crippen molar-refractivity contribution in [2.45, 2.75) is 79.1 Å². The molecule has 1 atom stereocenters. The molecule has 0 aromatic carbocycles. The zero-order chi connectivity index (χ0) is 17.3. The third-order valence-corrected chi connectivity index (χ3v) is 5.24. The second kappa shape index (κ2) is 9.80. The molecule has 0 spiro atoms. The molecule has 0 radical (unpaired) electrons. The minimum Gasteiger partial charge on any atom is -0.388 e. The van der Waals surface area contributed by atoms with Gasteiger partial charge in [-0.05, 0) is 46.0 Å². The highest BCUT2D eigenvalue weighted by Crippen LogP contribution is 2.41. The van der Waals surface area contributed by atoms with E-state index >= 15 is 0 Å². The summed E-state index contributed by atoms with van der Waals surface area (Å²) in [5.74, 6) is 0. The Balaban J connectivity index is 2.23. The van der Waals surface area contributed by atoms with Crippen LogP contribution in [0.5, 0.6) is 0 Å². The maximum Gasteiger partial charge on any atom is 0.0310 e. The normalized spacial score (nSPS) is 20.7. The zero-order valence-corrected chi connectivity index (χ0v) is 15.9. The first kappa shape index (κ1) is 19.8. The fraction of sp³-hybridized carbons (Fsp3) is 0.636. The fourth-order valence-electron chi connectivity index (χ4n) is 3.12. The van der Waals surface area contributed by atoms with E-state index in [-0.39, 0.29) is 5.41 Å². The monoisotopic (exact) mass is 315 g/mol. The SMILES string of the molecule is C=C(C)CCCCCCCNC(=C)C1(C)CC=C(CC)C=C1C. The molecule has 130 valence electrons. The largest absolute Gasteiger partial charge is 0.388 e. The Hall–Kier alpha value is -1.24. The molecule has 0 heterocycles. The summed E-state index contributed by atoms with van der Waals surface area (Å²) in [6.07, 6.45) is 14.6. The van der Waals surface area contributed by atoms with Crippen molar-refractivity contribution in [2.24, 2.45) is 5.41 Å². The van der Waals surface area contributed by atoms with Crippen molar-refractivity contribution in [3.05, 3.63) is 47.7 Å². The Kier molecular flexibility index (Phi) is 8.44. The summed E-state index contributed by atoms with van der Waals surface area (Å²) in [7, 11) is 0. The molecule has 0 aromatic heterocycles. The summed E-state index contributed by atoms with van der Waals surface area (Å²) in [4.78, 5) is 0. The Bertz CT molecular complexity index is 466. The molecule has 1 aliphatic rings. The third kappa shape index (κ3) is 6.41. The van der Waals surface area contributed by atoms with Crippen LogP contribution in [0.25, 0.3) is 0 Å². The lowest BCUT2D eigenvalue weighted by atomic mass is 9.73. The molecule has 1 N–H and O–H groups in total. The summed E-state index contributed by atoms with van der Waals surface area (Å²) in [5, 5.41) is 3.59. The highest BCUT2D eigenvalue weighted by molar-refractivity contribution is 5.37. The fourth-order valence-corrected chi connectivity index (χ4v) is 3.12. The molecule has 0 saturated heterocycles. The molecule has 1 unspecified atom stereocenters. The van der Waals surface area contributed by atoms with Gasteiger partial charge in [0.05, 0.1) is 0 Å². The molecule has 1 heteroatoms. The van der Waals surface area contributed by atoms with Gasteiger partial charge < -0.3 is 5.32 Å². The lowest BCUT2D eigenvalue weighted by Crippen LogP contribution is -2.31. The van der Waals surface area contributed by atoms with Crippen molar-refractivity contribution in [1.82, 2.24) is 5.32 Å². The van der Waals surface area contributed by atoms with Gasteiger partial charge in [0.25, 0.3) is 0 Å². The zero-order valence-electron chi connectivity index (χ0n) is 15.9. The van der Waals surface area contributed by atoms with Crippen molar-refractivity contribution in [3.8, 4) is 0 Å². The number of hydrogen-bond acceptors (Lipinski definition) is 1. The standard InChI is InChI=1S/C22H37N/c1-7-21-14-15-22(6,19(4)17-21)20(5)23-16-12-10-8-9-11-13-18(2)3/h14,17,23H,2,5,7-13,15-16H2,1,3-4,6H3. The van der Waals surface area contributed by atoms with Crippen LogP contribution in [-0.4, -0.2) is 6.54 Å². The molecule has 0 aromatic rings. The van der Waals surface area contributed by atoms with E-state index in [1.54, 1.807) is 0 Å². The first-order valence-corrected chi connectivity index (χ1v) is 9.35. The van der Waals surface area contributed by atoms with Crippen LogP contribution in [0.3, 0.4) is 0 Å². The van der Waals surface area contributed by atoms with Crippen LogP contribution in [0, 0.1) is 5.41 Å². The van der Waals surface area contributed by atoms with Crippen molar-refractivity contribution in [2.75, 3.05) is 6.54 Å². The molecule has 1 nitrogen and oxygen atoms in total. The van der Waals surface area contributed by atoms with Gasteiger partial charge in [-0.15, -0.1) is 6.58 Å². The van der Waals surface area contributed by atoms with E-state index in [2.05, 4.69) is 58.3 Å². The van der Waals surface area contributed by atoms with E-state index in [0.717, 1.165) is 19.4 Å². The molecular formula is C22H37N. The highest BCUT2D eigenvalue weighted by Gasteiger charge is 2.30. The van der Waals surface area contributed by atoms with E-state index in [0.29, 0.717) is 0 Å². The predicted octanol–water partition coefficient (Wildman–Crippen LogP) is 6.70. The van der Waals surface area contributed by atoms with E-state index in [9.17, 15) is 0 Å². The quantitative estimate of drug-likeness (QED) is 0.330. The summed E-state index contributed by atoms with van der Waals surface area (Å²) in [5.41, 5.74) is 5.48. The Morgan fingerprint density at radius 3 is 2.43 bits per heavy atom. The van der Waals surface area contributed by atoms with Gasteiger partial charge in [-0.25, -0.2) is 0 Å². The van der Waals surface area contributed by atoms with Crippen LogP contribution in [0.2, 0.25) is 0 Å². The van der Waals surface area contributed by atoms with E-state index < -0.39 is 0 Å². The number of hydrogen-bond donors (Lipinski definition) is 1. The van der Waals surface area contributed by atoms with Crippen molar-refractivity contribution >= 4 is 0 Å². The van der Waals surface area contributed by atoms with E-state index in [1.807, 2.05) is 0 Å². The maximum atomic E-state index is 4.33. The van der Waals surface area contributed by atoms with Crippen LogP contribution in [0.4, 0.5) is 0 Å². The summed E-state index contributed by atoms with van der Waals surface area (Å²) in [6, 6.07) is 0. The smallest absolute Gasteiger partial charge is 0.0310 e. The molecule has 23 heavy (non-hydrogen) atoms. The van der Waals surface area contributed by atoms with Crippen molar-refractivity contribution in [1.29, 1.82) is 0 Å². The first-order chi connectivity index (χ1) is 10.9. The van der Waals surface area contributed by atoms with Crippen LogP contribution in [0.15, 0.2) is 47.7 Å². The molecule has 0 amide bonds. The molecule has 0 fully saturated rings. The Labute approximate surface area is 144 Å². The third-order valence-electron chi connectivity index (χ3n) is 5.24. The minimum absolute atomic E-state index is 0.0835. The van der Waals surface area contributed by atoms with E-state index in [4.69, 9.17) is 0 Å². The summed E-state index contributed by atoms with van der Waals surface area (Å²) in [6.45, 7) is 18.2. The lowest BCUT2D eigenvalue weighted by Gasteiger charge is -2.35. The topological polar surface area (TPSA) is 12.0 Å². The van der Waals surface area contributed by atoms with Crippen LogP contribution < -0.4 is 5.32 Å². The summed E-state index contributed by atoms with van der Waals surface area (Å²) >= 11 is 0. The average molecular weight is 316 g/mol. The summed E-state index contributed by atoms with van der Waals surface area (Å²) < 4.78 is 0. The van der Waals surface area contributed by atoms with Crippen molar-refractivity contribution < 1.29 is 0 Å². The van der Waals surface area contributed by atoms with Crippen LogP contribution in [0.1, 0.15) is 79.1 Å². The average Bonchev–Trinajstić information content (AvgIpc) is 2.52. The number of rotatable bonds is 11. The minimum atomic E-state index is 0.0835. The number of unbranched alkanes of at least 4 members (excludes halogenated alkanes) is 4. The molecule has 1 aliphatic carbocycles. The van der Waals surface area contributed by atoms with Crippen LogP contribution >= 0.6 is 0 Å². The van der Waals surface area contributed by atoms with Gasteiger partial charge in [-0.2, -0.15) is 0 Å². The van der Waals surface area contributed by atoms with Crippen LogP contribution in [-0.2, 0) is 0 Å². The molecule has 0 aliphatic heterocycles. The number of nitrogens with one attached hydrogen (secondary N) is 1. The maximum absolute atomic E-state index is 4.33. The van der Waals surface area contributed by atoms with Gasteiger partial charge >= 0.3 is 0 Å². The molecule has 1 rings (SSSR count). The van der Waals surface area contributed by atoms with Gasteiger partial charge in [0.1, 0.15) is 0 Å². The van der Waals surface area contributed by atoms with Gasteiger partial charge in [-0.3, -0.25) is 0 Å². The number of allylic oxidation sites excluding steroid dienone is 5. The van der Waals surface area contributed by atoms with Gasteiger partial charge in [0.15, 0.2) is 0 Å². The van der Waals surface area contributed by atoms with Gasteiger partial charge in [0, 0.05) is 17.7 Å². The second-order valence-electron chi connectivity index (χ2n) is 7.38. The molecule has 0 saturated carbocycles. The Morgan fingerprint density at radius 1 is 1.17 bits per heavy atom. The first-order valence-electron chi connectivity index (χ1n) is 9.35. The predicted molar refractivity (Wildman–Crippen MR) is 105 cm³/mol. The highest BCUT2D eigenvalue weighted by atomic mass is 14.9. The van der Waals surface area contributed by atoms with Gasteiger partial charge in [-0.1, -0.05) is 68.6 Å². The van der Waals surface area contributed by atoms with Gasteiger partial charge in [0.2, 0.25) is 0 Å². The molecule has 0 bridgehead atoms. The Morgan fingerprint density at radius 2 is 1.83 bits per heavy atom. The lowest BCUT2D eigenvalue weighted by molar-refractivity contribution is 0.438. The van der Waals surface area contributed by atoms with E-state index in [1.165, 1.54) is 60.9 Å². The molecular weight excluding hydrogens is 278 g/mol. The second-order valence-corrected chi connectivity index (χ2v) is 7.38. The van der Waals surface area contributed by atoms with Crippen molar-refractivity contribution in [3.63, 3.8) is 0 Å².